The Labute approximate surface area is 79.0 Å². The minimum atomic E-state index is -0.899. The summed E-state index contributed by atoms with van der Waals surface area (Å²) in [6.07, 6.45) is -0.899. The molecule has 0 spiro atoms. The molecule has 0 heterocycles. The number of alkyl halides is 1. The van der Waals surface area contributed by atoms with E-state index in [1.165, 1.54) is 5.56 Å². The topological polar surface area (TPSA) is 12.0 Å². The number of nitrogens with one attached hydrogen (secondary N) is 1. The van der Waals surface area contributed by atoms with Gasteiger partial charge in [-0.3, -0.25) is 0 Å². The van der Waals surface area contributed by atoms with E-state index in [1.807, 2.05) is 32.0 Å². The zero-order chi connectivity index (χ0) is 9.84. The molecule has 0 aliphatic carbocycles. The first-order valence-electron chi connectivity index (χ1n) is 4.51. The van der Waals surface area contributed by atoms with Crippen LogP contribution in [0.15, 0.2) is 18.2 Å². The van der Waals surface area contributed by atoms with Gasteiger partial charge in [0.05, 0.1) is 0 Å². The predicted octanol–water partition coefficient (Wildman–Crippen LogP) is 2.53. The molecule has 0 saturated heterocycles. The molecule has 0 saturated carbocycles. The van der Waals surface area contributed by atoms with Crippen molar-refractivity contribution in [1.82, 2.24) is 5.32 Å². The van der Waals surface area contributed by atoms with Gasteiger partial charge in [0.2, 0.25) is 0 Å². The number of rotatable bonds is 3. The van der Waals surface area contributed by atoms with Gasteiger partial charge in [-0.25, -0.2) is 4.39 Å². The van der Waals surface area contributed by atoms with Crippen LogP contribution in [0.1, 0.15) is 22.9 Å². The molecular formula is C11H16FN. The summed E-state index contributed by atoms with van der Waals surface area (Å²) < 4.78 is 13.4. The van der Waals surface area contributed by atoms with Gasteiger partial charge in [-0.1, -0.05) is 18.2 Å². The van der Waals surface area contributed by atoms with Gasteiger partial charge in [0.25, 0.3) is 0 Å². The Morgan fingerprint density at radius 3 is 2.54 bits per heavy atom. The van der Waals surface area contributed by atoms with Gasteiger partial charge in [0.1, 0.15) is 6.17 Å². The summed E-state index contributed by atoms with van der Waals surface area (Å²) in [7, 11) is 1.76. The van der Waals surface area contributed by atoms with Crippen LogP contribution in [-0.2, 0) is 0 Å². The van der Waals surface area contributed by atoms with E-state index in [2.05, 4.69) is 5.32 Å². The predicted molar refractivity (Wildman–Crippen MR) is 53.7 cm³/mol. The first kappa shape index (κ1) is 10.2. The molecule has 0 aliphatic rings. The molecule has 0 radical (unpaired) electrons. The monoisotopic (exact) mass is 181 g/mol. The third-order valence-electron chi connectivity index (χ3n) is 2.28. The van der Waals surface area contributed by atoms with Crippen LogP contribution in [0.2, 0.25) is 0 Å². The second kappa shape index (κ2) is 4.38. The van der Waals surface area contributed by atoms with Crippen LogP contribution in [0.3, 0.4) is 0 Å². The maximum atomic E-state index is 13.4. The number of aryl methyl sites for hydroxylation is 2. The lowest BCUT2D eigenvalue weighted by molar-refractivity contribution is 0.335. The van der Waals surface area contributed by atoms with Crippen molar-refractivity contribution in [3.05, 3.63) is 34.9 Å². The third kappa shape index (κ3) is 2.52. The zero-order valence-electron chi connectivity index (χ0n) is 8.39. The SMILES string of the molecule is CNCC(F)c1ccc(C)c(C)c1. The maximum absolute atomic E-state index is 13.4. The summed E-state index contributed by atoms with van der Waals surface area (Å²) >= 11 is 0. The molecule has 72 valence electrons. The first-order chi connectivity index (χ1) is 6.15. The Kier molecular flexibility index (Phi) is 3.43. The highest BCUT2D eigenvalue weighted by atomic mass is 19.1. The molecule has 1 N–H and O–H groups in total. The van der Waals surface area contributed by atoms with Crippen LogP contribution in [0.5, 0.6) is 0 Å². The van der Waals surface area contributed by atoms with Gasteiger partial charge >= 0.3 is 0 Å². The molecule has 0 aromatic heterocycles. The second-order valence-corrected chi connectivity index (χ2v) is 3.37. The first-order valence-corrected chi connectivity index (χ1v) is 4.51. The molecule has 0 aliphatic heterocycles. The molecule has 1 aromatic rings. The molecule has 1 atom stereocenters. The molecular weight excluding hydrogens is 165 g/mol. The number of likely N-dealkylation sites (N-methyl/N-ethyl adjacent to an activating group) is 1. The molecule has 0 amide bonds. The van der Waals surface area contributed by atoms with Crippen molar-refractivity contribution in [3.63, 3.8) is 0 Å². The Morgan fingerprint density at radius 2 is 2.00 bits per heavy atom. The van der Waals surface area contributed by atoms with Gasteiger partial charge in [0, 0.05) is 6.54 Å². The van der Waals surface area contributed by atoms with E-state index in [0.29, 0.717) is 6.54 Å². The molecule has 13 heavy (non-hydrogen) atoms. The van der Waals surface area contributed by atoms with Crippen molar-refractivity contribution in [2.45, 2.75) is 20.0 Å². The van der Waals surface area contributed by atoms with E-state index < -0.39 is 6.17 Å². The summed E-state index contributed by atoms with van der Waals surface area (Å²) in [5, 5.41) is 2.83. The van der Waals surface area contributed by atoms with Gasteiger partial charge in [-0.2, -0.15) is 0 Å². The summed E-state index contributed by atoms with van der Waals surface area (Å²) in [6.45, 7) is 4.41. The Balaban J connectivity index is 2.84. The van der Waals surface area contributed by atoms with E-state index in [4.69, 9.17) is 0 Å². The smallest absolute Gasteiger partial charge is 0.137 e. The van der Waals surface area contributed by atoms with Gasteiger partial charge in [-0.05, 0) is 37.6 Å². The number of hydrogen-bond donors (Lipinski definition) is 1. The van der Waals surface area contributed by atoms with E-state index >= 15 is 0 Å². The van der Waals surface area contributed by atoms with Crippen molar-refractivity contribution >= 4 is 0 Å². The van der Waals surface area contributed by atoms with Crippen molar-refractivity contribution in [3.8, 4) is 0 Å². The molecule has 0 fully saturated rings. The fourth-order valence-corrected chi connectivity index (χ4v) is 1.26. The van der Waals surface area contributed by atoms with Crippen LogP contribution >= 0.6 is 0 Å². The lowest BCUT2D eigenvalue weighted by atomic mass is 10.0. The highest BCUT2D eigenvalue weighted by Gasteiger charge is 2.08. The van der Waals surface area contributed by atoms with Crippen molar-refractivity contribution < 1.29 is 4.39 Å². The molecule has 1 aromatic carbocycles. The Hall–Kier alpha value is -0.890. The highest BCUT2D eigenvalue weighted by molar-refractivity contribution is 5.31. The van der Waals surface area contributed by atoms with Crippen LogP contribution in [-0.4, -0.2) is 13.6 Å². The van der Waals surface area contributed by atoms with E-state index in [9.17, 15) is 4.39 Å². The lowest BCUT2D eigenvalue weighted by Gasteiger charge is -2.09. The van der Waals surface area contributed by atoms with E-state index in [-0.39, 0.29) is 0 Å². The summed E-state index contributed by atoms with van der Waals surface area (Å²) in [6, 6.07) is 5.73. The van der Waals surface area contributed by atoms with Gasteiger partial charge in [-0.15, -0.1) is 0 Å². The van der Waals surface area contributed by atoms with E-state index in [0.717, 1.165) is 11.1 Å². The average Bonchev–Trinajstić information content (AvgIpc) is 2.10. The third-order valence-corrected chi connectivity index (χ3v) is 2.28. The molecule has 1 nitrogen and oxygen atoms in total. The van der Waals surface area contributed by atoms with Gasteiger partial charge in [0.15, 0.2) is 0 Å². The molecule has 0 bridgehead atoms. The minimum absolute atomic E-state index is 0.377. The quantitative estimate of drug-likeness (QED) is 0.755. The average molecular weight is 181 g/mol. The fraction of sp³-hybridized carbons (Fsp3) is 0.455. The van der Waals surface area contributed by atoms with Crippen LogP contribution in [0.25, 0.3) is 0 Å². The number of halogens is 1. The van der Waals surface area contributed by atoms with Crippen LogP contribution in [0.4, 0.5) is 4.39 Å². The maximum Gasteiger partial charge on any atom is 0.137 e. The normalized spacial score (nSPS) is 12.9. The molecule has 2 heteroatoms. The summed E-state index contributed by atoms with van der Waals surface area (Å²) in [5.74, 6) is 0. The zero-order valence-corrected chi connectivity index (χ0v) is 8.39. The fourth-order valence-electron chi connectivity index (χ4n) is 1.26. The van der Waals surface area contributed by atoms with Crippen LogP contribution < -0.4 is 5.32 Å². The standard InChI is InChI=1S/C11H16FN/c1-8-4-5-10(6-9(8)2)11(12)7-13-3/h4-6,11,13H,7H2,1-3H3. The van der Waals surface area contributed by atoms with Crippen molar-refractivity contribution in [2.24, 2.45) is 0 Å². The minimum Gasteiger partial charge on any atom is -0.317 e. The van der Waals surface area contributed by atoms with Gasteiger partial charge < -0.3 is 5.32 Å². The number of hydrogen-bond acceptors (Lipinski definition) is 1. The van der Waals surface area contributed by atoms with Crippen molar-refractivity contribution in [1.29, 1.82) is 0 Å². The van der Waals surface area contributed by atoms with E-state index in [1.54, 1.807) is 7.05 Å². The number of benzene rings is 1. The van der Waals surface area contributed by atoms with Crippen molar-refractivity contribution in [2.75, 3.05) is 13.6 Å². The largest absolute Gasteiger partial charge is 0.317 e. The Morgan fingerprint density at radius 1 is 1.31 bits per heavy atom. The Bertz CT molecular complexity index is 283. The molecule has 1 rings (SSSR count). The highest BCUT2D eigenvalue weighted by Crippen LogP contribution is 2.19. The second-order valence-electron chi connectivity index (χ2n) is 3.37. The lowest BCUT2D eigenvalue weighted by Crippen LogP contribution is -2.13. The summed E-state index contributed by atoms with van der Waals surface area (Å²) in [4.78, 5) is 0. The van der Waals surface area contributed by atoms with Crippen LogP contribution in [0, 0.1) is 13.8 Å². The summed E-state index contributed by atoms with van der Waals surface area (Å²) in [5.41, 5.74) is 3.12. The molecule has 1 unspecified atom stereocenters.